The number of nitrogens with zero attached hydrogens (tertiary/aromatic N) is 1. The minimum atomic E-state index is -0.397. The van der Waals surface area contributed by atoms with Gasteiger partial charge in [0.1, 0.15) is 5.78 Å². The predicted octanol–water partition coefficient (Wildman–Crippen LogP) is 3.42. The molecular weight excluding hydrogens is 246 g/mol. The molecule has 98 valence electrons. The molecule has 0 bridgehead atoms. The van der Waals surface area contributed by atoms with Crippen molar-refractivity contribution in [3.8, 4) is 0 Å². The second-order valence-electron chi connectivity index (χ2n) is 5.00. The van der Waals surface area contributed by atoms with E-state index in [9.17, 15) is 4.79 Å². The fourth-order valence-electron chi connectivity index (χ4n) is 2.35. The first-order valence-electron chi connectivity index (χ1n) is 6.65. The molecule has 2 rings (SSSR count). The summed E-state index contributed by atoms with van der Waals surface area (Å²) in [6, 6.07) is 8.46. The van der Waals surface area contributed by atoms with Gasteiger partial charge in [-0.25, -0.2) is 0 Å². The molecular formula is C15H20ClNO. The summed E-state index contributed by atoms with van der Waals surface area (Å²) in [4.78, 5) is 13.5. The topological polar surface area (TPSA) is 20.3 Å². The van der Waals surface area contributed by atoms with Crippen LogP contribution in [0.25, 0.3) is 0 Å². The first-order chi connectivity index (χ1) is 8.66. The molecule has 0 aliphatic carbocycles. The number of alkyl halides is 1. The quantitative estimate of drug-likeness (QED) is 0.778. The van der Waals surface area contributed by atoms with Crippen LogP contribution < -0.4 is 4.90 Å². The van der Waals surface area contributed by atoms with E-state index in [1.807, 2.05) is 0 Å². The van der Waals surface area contributed by atoms with Crippen molar-refractivity contribution in [2.45, 2.75) is 38.0 Å². The first-order valence-corrected chi connectivity index (χ1v) is 7.09. The molecule has 0 spiro atoms. The van der Waals surface area contributed by atoms with Gasteiger partial charge in [0.2, 0.25) is 0 Å². The van der Waals surface area contributed by atoms with Gasteiger partial charge in [-0.05, 0) is 50.3 Å². The van der Waals surface area contributed by atoms with Gasteiger partial charge in [0.15, 0.2) is 0 Å². The lowest BCUT2D eigenvalue weighted by Crippen LogP contribution is -2.29. The van der Waals surface area contributed by atoms with Crippen LogP contribution >= 0.6 is 11.6 Å². The van der Waals surface area contributed by atoms with Crippen LogP contribution in [-0.4, -0.2) is 24.2 Å². The number of Topliss-reactive ketones (excluding diaryl/α,β-unsaturated/α-hetero) is 1. The summed E-state index contributed by atoms with van der Waals surface area (Å²) in [7, 11) is 0. The molecule has 1 aromatic rings. The highest BCUT2D eigenvalue weighted by molar-refractivity contribution is 6.30. The van der Waals surface area contributed by atoms with Crippen molar-refractivity contribution in [3.05, 3.63) is 29.8 Å². The Morgan fingerprint density at radius 2 is 1.83 bits per heavy atom. The van der Waals surface area contributed by atoms with Crippen LogP contribution in [0, 0.1) is 0 Å². The van der Waals surface area contributed by atoms with Gasteiger partial charge in [-0.1, -0.05) is 12.1 Å². The summed E-state index contributed by atoms with van der Waals surface area (Å²) in [5, 5.41) is -0.397. The van der Waals surface area contributed by atoms with Crippen LogP contribution in [0.4, 0.5) is 5.69 Å². The Morgan fingerprint density at radius 1 is 1.22 bits per heavy atom. The second kappa shape index (κ2) is 6.24. The predicted molar refractivity (Wildman–Crippen MR) is 76.5 cm³/mol. The van der Waals surface area contributed by atoms with Crippen molar-refractivity contribution in [1.29, 1.82) is 0 Å². The maximum absolute atomic E-state index is 11.1. The number of piperidine rings is 1. The van der Waals surface area contributed by atoms with Crippen molar-refractivity contribution in [1.82, 2.24) is 0 Å². The van der Waals surface area contributed by atoms with E-state index < -0.39 is 5.38 Å². The molecule has 1 atom stereocenters. The number of hydrogen-bond donors (Lipinski definition) is 0. The zero-order chi connectivity index (χ0) is 13.0. The number of halogens is 1. The molecule has 0 aromatic heterocycles. The zero-order valence-electron chi connectivity index (χ0n) is 10.9. The average molecular weight is 266 g/mol. The first kappa shape index (κ1) is 13.4. The molecule has 1 aromatic carbocycles. The van der Waals surface area contributed by atoms with Gasteiger partial charge in [0, 0.05) is 18.8 Å². The maximum atomic E-state index is 11.1. The van der Waals surface area contributed by atoms with Gasteiger partial charge >= 0.3 is 0 Å². The van der Waals surface area contributed by atoms with E-state index in [-0.39, 0.29) is 5.78 Å². The molecule has 0 radical (unpaired) electrons. The van der Waals surface area contributed by atoms with Gasteiger partial charge in [0.05, 0.1) is 5.38 Å². The maximum Gasteiger partial charge on any atom is 0.147 e. The SMILES string of the molecule is CC(=O)C(Cl)Cc1ccc(N2CCCCC2)cc1. The third-order valence-corrected chi connectivity index (χ3v) is 3.98. The molecule has 1 unspecified atom stereocenters. The Bertz CT molecular complexity index is 395. The van der Waals surface area contributed by atoms with Crippen molar-refractivity contribution in [3.63, 3.8) is 0 Å². The number of rotatable bonds is 4. The van der Waals surface area contributed by atoms with Crippen LogP contribution in [0.5, 0.6) is 0 Å². The van der Waals surface area contributed by atoms with Gasteiger partial charge in [-0.2, -0.15) is 0 Å². The van der Waals surface area contributed by atoms with Crippen molar-refractivity contribution >= 4 is 23.1 Å². The van der Waals surface area contributed by atoms with Gasteiger partial charge in [-0.15, -0.1) is 11.6 Å². The summed E-state index contributed by atoms with van der Waals surface area (Å²) >= 11 is 5.98. The average Bonchev–Trinajstić information content (AvgIpc) is 2.40. The highest BCUT2D eigenvalue weighted by atomic mass is 35.5. The summed E-state index contributed by atoms with van der Waals surface area (Å²) in [5.74, 6) is 0.0387. The minimum absolute atomic E-state index is 0.0387. The summed E-state index contributed by atoms with van der Waals surface area (Å²) in [6.45, 7) is 3.86. The van der Waals surface area contributed by atoms with Crippen LogP contribution in [0.2, 0.25) is 0 Å². The van der Waals surface area contributed by atoms with E-state index in [0.717, 1.165) is 18.7 Å². The fraction of sp³-hybridized carbons (Fsp3) is 0.533. The molecule has 1 saturated heterocycles. The van der Waals surface area contributed by atoms with E-state index >= 15 is 0 Å². The largest absolute Gasteiger partial charge is 0.372 e. The Hall–Kier alpha value is -1.02. The fourth-order valence-corrected chi connectivity index (χ4v) is 2.52. The van der Waals surface area contributed by atoms with Crippen LogP contribution in [0.15, 0.2) is 24.3 Å². The number of anilines is 1. The van der Waals surface area contributed by atoms with Gasteiger partial charge < -0.3 is 4.90 Å². The molecule has 18 heavy (non-hydrogen) atoms. The monoisotopic (exact) mass is 265 g/mol. The second-order valence-corrected chi connectivity index (χ2v) is 5.52. The smallest absolute Gasteiger partial charge is 0.147 e. The molecule has 3 heteroatoms. The molecule has 1 aliphatic rings. The standard InChI is InChI=1S/C15H20ClNO/c1-12(18)15(16)11-13-5-7-14(8-6-13)17-9-3-2-4-10-17/h5-8,15H,2-4,9-11H2,1H3. The van der Waals surface area contributed by atoms with Crippen molar-refractivity contribution < 1.29 is 4.79 Å². The molecule has 1 fully saturated rings. The summed E-state index contributed by atoms with van der Waals surface area (Å²) in [6.07, 6.45) is 4.55. The van der Waals surface area contributed by atoms with Gasteiger partial charge in [0.25, 0.3) is 0 Å². The molecule has 0 N–H and O–H groups in total. The number of hydrogen-bond acceptors (Lipinski definition) is 2. The molecule has 2 nitrogen and oxygen atoms in total. The lowest BCUT2D eigenvalue weighted by atomic mass is 10.1. The normalized spacial score (nSPS) is 17.6. The van der Waals surface area contributed by atoms with Gasteiger partial charge in [-0.3, -0.25) is 4.79 Å². The molecule has 1 aliphatic heterocycles. The minimum Gasteiger partial charge on any atom is -0.372 e. The zero-order valence-corrected chi connectivity index (χ0v) is 11.6. The highest BCUT2D eigenvalue weighted by Gasteiger charge is 2.13. The van der Waals surface area contributed by atoms with E-state index in [1.165, 1.54) is 24.9 Å². The van der Waals surface area contributed by atoms with E-state index in [1.54, 1.807) is 6.92 Å². The number of carbonyl (C=O) groups excluding carboxylic acids is 1. The Balaban J connectivity index is 1.98. The third kappa shape index (κ3) is 3.49. The van der Waals surface area contributed by atoms with Crippen LogP contribution in [0.1, 0.15) is 31.7 Å². The number of ketones is 1. The molecule has 0 saturated carbocycles. The van der Waals surface area contributed by atoms with Crippen LogP contribution in [-0.2, 0) is 11.2 Å². The van der Waals surface area contributed by atoms with E-state index in [0.29, 0.717) is 6.42 Å². The van der Waals surface area contributed by atoms with Crippen molar-refractivity contribution in [2.24, 2.45) is 0 Å². The molecule has 0 amide bonds. The highest BCUT2D eigenvalue weighted by Crippen LogP contribution is 2.21. The summed E-state index contributed by atoms with van der Waals surface area (Å²) in [5.41, 5.74) is 2.42. The van der Waals surface area contributed by atoms with Crippen LogP contribution in [0.3, 0.4) is 0 Å². The number of benzene rings is 1. The Kier molecular flexibility index (Phi) is 4.65. The lowest BCUT2D eigenvalue weighted by molar-refractivity contribution is -0.116. The van der Waals surface area contributed by atoms with E-state index in [2.05, 4.69) is 29.2 Å². The summed E-state index contributed by atoms with van der Waals surface area (Å²) < 4.78 is 0. The Morgan fingerprint density at radius 3 is 2.39 bits per heavy atom. The van der Waals surface area contributed by atoms with E-state index in [4.69, 9.17) is 11.6 Å². The third-order valence-electron chi connectivity index (χ3n) is 3.51. The lowest BCUT2D eigenvalue weighted by Gasteiger charge is -2.28. The van der Waals surface area contributed by atoms with Crippen molar-refractivity contribution in [2.75, 3.05) is 18.0 Å². The number of carbonyl (C=O) groups is 1. The Labute approximate surface area is 114 Å². The molecule has 1 heterocycles.